The molecule has 0 aromatic carbocycles. The minimum atomic E-state index is -3.46. The zero-order valence-electron chi connectivity index (χ0n) is 12.0. The molecule has 1 aliphatic heterocycles. The SMILES string of the molecule is CCNCC1CCN(S(=O)(=O)c2cncc(Cl)c2)CC1.Cl. The number of halogens is 2. The van der Waals surface area contributed by atoms with Crippen LogP contribution in [0.15, 0.2) is 23.4 Å². The van der Waals surface area contributed by atoms with Gasteiger partial charge in [-0.25, -0.2) is 8.42 Å². The Morgan fingerprint density at radius 3 is 2.62 bits per heavy atom. The molecule has 0 saturated carbocycles. The van der Waals surface area contributed by atoms with Crippen LogP contribution in [0.5, 0.6) is 0 Å². The highest BCUT2D eigenvalue weighted by molar-refractivity contribution is 7.89. The number of nitrogens with one attached hydrogen (secondary N) is 1. The number of rotatable bonds is 5. The lowest BCUT2D eigenvalue weighted by Gasteiger charge is -2.31. The molecule has 0 spiro atoms. The summed E-state index contributed by atoms with van der Waals surface area (Å²) in [6.45, 7) is 5.11. The van der Waals surface area contributed by atoms with E-state index in [1.807, 2.05) is 0 Å². The molecule has 21 heavy (non-hydrogen) atoms. The van der Waals surface area contributed by atoms with Gasteiger partial charge in [-0.05, 0) is 37.9 Å². The number of sulfonamides is 1. The predicted octanol–water partition coefficient (Wildman–Crippen LogP) is 2.17. The van der Waals surface area contributed by atoms with Gasteiger partial charge in [0.15, 0.2) is 0 Å². The maximum absolute atomic E-state index is 12.5. The predicted molar refractivity (Wildman–Crippen MR) is 86.5 cm³/mol. The van der Waals surface area contributed by atoms with Crippen LogP contribution in [-0.2, 0) is 10.0 Å². The number of pyridine rings is 1. The van der Waals surface area contributed by atoms with Crippen LogP contribution < -0.4 is 5.32 Å². The van der Waals surface area contributed by atoms with Crippen molar-refractivity contribution in [1.82, 2.24) is 14.6 Å². The quantitative estimate of drug-likeness (QED) is 0.880. The van der Waals surface area contributed by atoms with Crippen molar-refractivity contribution in [3.8, 4) is 0 Å². The molecule has 1 saturated heterocycles. The summed E-state index contributed by atoms with van der Waals surface area (Å²) < 4.78 is 26.5. The minimum Gasteiger partial charge on any atom is -0.317 e. The van der Waals surface area contributed by atoms with Crippen molar-refractivity contribution in [2.75, 3.05) is 26.2 Å². The normalized spacial score (nSPS) is 17.4. The molecular weight excluding hydrogens is 333 g/mol. The summed E-state index contributed by atoms with van der Waals surface area (Å²) in [7, 11) is -3.46. The topological polar surface area (TPSA) is 62.3 Å². The van der Waals surface area contributed by atoms with Crippen molar-refractivity contribution in [3.63, 3.8) is 0 Å². The van der Waals surface area contributed by atoms with E-state index in [1.165, 1.54) is 22.8 Å². The molecule has 5 nitrogen and oxygen atoms in total. The first-order valence-electron chi connectivity index (χ1n) is 6.85. The first-order chi connectivity index (χ1) is 9.54. The van der Waals surface area contributed by atoms with Gasteiger partial charge in [-0.2, -0.15) is 4.31 Å². The summed E-state index contributed by atoms with van der Waals surface area (Å²) in [5.41, 5.74) is 0. The Hall–Kier alpha value is -0.400. The van der Waals surface area contributed by atoms with E-state index in [0.717, 1.165) is 25.9 Å². The van der Waals surface area contributed by atoms with E-state index in [9.17, 15) is 8.42 Å². The van der Waals surface area contributed by atoms with Gasteiger partial charge in [0.2, 0.25) is 10.0 Å². The van der Waals surface area contributed by atoms with Gasteiger partial charge in [-0.3, -0.25) is 4.98 Å². The second-order valence-electron chi connectivity index (χ2n) is 4.99. The van der Waals surface area contributed by atoms with Crippen molar-refractivity contribution in [2.24, 2.45) is 5.92 Å². The molecule has 120 valence electrons. The maximum Gasteiger partial charge on any atom is 0.244 e. The van der Waals surface area contributed by atoms with Gasteiger partial charge < -0.3 is 5.32 Å². The van der Waals surface area contributed by atoms with Crippen LogP contribution in [0.4, 0.5) is 0 Å². The Bertz CT molecular complexity index is 546. The van der Waals surface area contributed by atoms with Crippen LogP contribution in [0.1, 0.15) is 19.8 Å². The molecule has 0 radical (unpaired) electrons. The van der Waals surface area contributed by atoms with Gasteiger partial charge in [-0.1, -0.05) is 18.5 Å². The average molecular weight is 354 g/mol. The highest BCUT2D eigenvalue weighted by atomic mass is 35.5. The third-order valence-corrected chi connectivity index (χ3v) is 5.64. The molecule has 1 N–H and O–H groups in total. The summed E-state index contributed by atoms with van der Waals surface area (Å²) >= 11 is 5.82. The number of piperidine rings is 1. The second-order valence-corrected chi connectivity index (χ2v) is 7.37. The highest BCUT2D eigenvalue weighted by Gasteiger charge is 2.29. The van der Waals surface area contributed by atoms with E-state index in [2.05, 4.69) is 17.2 Å². The third-order valence-electron chi connectivity index (χ3n) is 3.57. The molecule has 0 atom stereocenters. The average Bonchev–Trinajstić information content (AvgIpc) is 2.45. The smallest absolute Gasteiger partial charge is 0.244 e. The van der Waals surface area contributed by atoms with Crippen LogP contribution in [0, 0.1) is 5.92 Å². The van der Waals surface area contributed by atoms with Crippen molar-refractivity contribution in [1.29, 1.82) is 0 Å². The van der Waals surface area contributed by atoms with E-state index < -0.39 is 10.0 Å². The summed E-state index contributed by atoms with van der Waals surface area (Å²) in [6.07, 6.45) is 4.57. The number of hydrogen-bond acceptors (Lipinski definition) is 4. The first kappa shape index (κ1) is 18.6. The minimum absolute atomic E-state index is 0. The molecule has 8 heteroatoms. The lowest BCUT2D eigenvalue weighted by atomic mass is 9.98. The van der Waals surface area contributed by atoms with Gasteiger partial charge in [0.05, 0.1) is 5.02 Å². The number of nitrogens with zero attached hydrogens (tertiary/aromatic N) is 2. The van der Waals surface area contributed by atoms with Crippen molar-refractivity contribution in [2.45, 2.75) is 24.7 Å². The highest BCUT2D eigenvalue weighted by Crippen LogP contribution is 2.24. The van der Waals surface area contributed by atoms with Gasteiger partial charge in [-0.15, -0.1) is 12.4 Å². The third kappa shape index (κ3) is 4.79. The first-order valence-corrected chi connectivity index (χ1v) is 8.67. The molecule has 0 amide bonds. The van der Waals surface area contributed by atoms with Crippen molar-refractivity contribution >= 4 is 34.0 Å². The molecule has 1 aromatic rings. The molecule has 1 fully saturated rings. The van der Waals surface area contributed by atoms with E-state index in [1.54, 1.807) is 0 Å². The van der Waals surface area contributed by atoms with E-state index >= 15 is 0 Å². The zero-order chi connectivity index (χ0) is 14.6. The van der Waals surface area contributed by atoms with Crippen LogP contribution in [0.3, 0.4) is 0 Å². The Labute approximate surface area is 137 Å². The van der Waals surface area contributed by atoms with Gasteiger partial charge in [0.25, 0.3) is 0 Å². The molecule has 1 aliphatic rings. The van der Waals surface area contributed by atoms with Crippen molar-refractivity contribution in [3.05, 3.63) is 23.5 Å². The van der Waals surface area contributed by atoms with Gasteiger partial charge in [0, 0.05) is 25.5 Å². The fourth-order valence-corrected chi connectivity index (χ4v) is 4.08. The fraction of sp³-hybridized carbons (Fsp3) is 0.615. The van der Waals surface area contributed by atoms with Gasteiger partial charge in [0.1, 0.15) is 4.90 Å². The molecule has 1 aromatic heterocycles. The van der Waals surface area contributed by atoms with Gasteiger partial charge >= 0.3 is 0 Å². The van der Waals surface area contributed by atoms with Crippen molar-refractivity contribution < 1.29 is 8.42 Å². The Morgan fingerprint density at radius 1 is 1.38 bits per heavy atom. The Balaban J connectivity index is 0.00000220. The largest absolute Gasteiger partial charge is 0.317 e. The van der Waals surface area contributed by atoms with Crippen LogP contribution in [0.2, 0.25) is 5.02 Å². The van der Waals surface area contributed by atoms with Crippen LogP contribution in [-0.4, -0.2) is 43.9 Å². The van der Waals surface area contributed by atoms with E-state index in [0.29, 0.717) is 24.0 Å². The monoisotopic (exact) mass is 353 g/mol. The van der Waals surface area contributed by atoms with E-state index in [4.69, 9.17) is 11.6 Å². The summed E-state index contributed by atoms with van der Waals surface area (Å²) in [4.78, 5) is 4.03. The maximum atomic E-state index is 12.5. The van der Waals surface area contributed by atoms with Crippen LogP contribution in [0.25, 0.3) is 0 Å². The zero-order valence-corrected chi connectivity index (χ0v) is 14.3. The van der Waals surface area contributed by atoms with E-state index in [-0.39, 0.29) is 17.3 Å². The Kier molecular flexibility index (Phi) is 7.36. The molecule has 0 bridgehead atoms. The second kappa shape index (κ2) is 8.29. The lowest BCUT2D eigenvalue weighted by molar-refractivity contribution is 0.268. The standard InChI is InChI=1S/C13H20ClN3O2S.ClH/c1-2-15-8-11-3-5-17(6-4-11)20(18,19)13-7-12(14)9-16-10-13;/h7,9-11,15H,2-6,8H2,1H3;1H. The molecule has 2 heterocycles. The fourth-order valence-electron chi connectivity index (χ4n) is 2.38. The molecule has 2 rings (SSSR count). The molecule has 0 unspecified atom stereocenters. The molecule has 0 aliphatic carbocycles. The summed E-state index contributed by atoms with van der Waals surface area (Å²) in [6, 6.07) is 1.45. The number of aromatic nitrogens is 1. The summed E-state index contributed by atoms with van der Waals surface area (Å²) in [5.74, 6) is 0.555. The van der Waals surface area contributed by atoms with Crippen LogP contribution >= 0.6 is 24.0 Å². The summed E-state index contributed by atoms with van der Waals surface area (Å²) in [5, 5.41) is 3.66. The lowest BCUT2D eigenvalue weighted by Crippen LogP contribution is -2.40. The Morgan fingerprint density at radius 2 is 2.05 bits per heavy atom. The molecular formula is C13H21Cl2N3O2S. The number of hydrogen-bond donors (Lipinski definition) is 1.